The number of benzene rings is 1. The summed E-state index contributed by atoms with van der Waals surface area (Å²) in [5.74, 6) is 3.86. The highest BCUT2D eigenvalue weighted by Crippen LogP contribution is 2.76. The van der Waals surface area contributed by atoms with Crippen molar-refractivity contribution in [2.75, 3.05) is 13.7 Å². The van der Waals surface area contributed by atoms with E-state index in [9.17, 15) is 0 Å². The molecule has 2 nitrogen and oxygen atoms in total. The summed E-state index contributed by atoms with van der Waals surface area (Å²) in [5, 5.41) is 0. The largest absolute Gasteiger partial charge is 0.477 e. The third-order valence-corrected chi connectivity index (χ3v) is 13.7. The highest BCUT2D eigenvalue weighted by molar-refractivity contribution is 5.93. The number of hydrogen-bond donors (Lipinski definition) is 0. The summed E-state index contributed by atoms with van der Waals surface area (Å²) in [5.41, 5.74) is 7.57. The fourth-order valence-corrected chi connectivity index (χ4v) is 11.7. The molecule has 4 fully saturated rings. The van der Waals surface area contributed by atoms with Gasteiger partial charge in [0, 0.05) is 12.6 Å². The predicted octanol–water partition coefficient (Wildman–Crippen LogP) is 10.2. The third kappa shape index (κ3) is 4.04. The van der Waals surface area contributed by atoms with Crippen molar-refractivity contribution in [2.24, 2.45) is 50.3 Å². The Hall–Kier alpha value is -1.83. The average Bonchev–Trinajstić information content (AvgIpc) is 3.24. The van der Waals surface area contributed by atoms with Crippen LogP contribution in [0.4, 0.5) is 0 Å². The molecule has 0 heterocycles. The quantitative estimate of drug-likeness (QED) is 0.268. The molecule has 218 valence electrons. The lowest BCUT2D eigenvalue weighted by Gasteiger charge is -2.70. The van der Waals surface area contributed by atoms with Crippen LogP contribution in [0.3, 0.4) is 0 Å². The molecule has 40 heavy (non-hydrogen) atoms. The Morgan fingerprint density at radius 2 is 1.73 bits per heavy atom. The van der Waals surface area contributed by atoms with Gasteiger partial charge in [0.1, 0.15) is 0 Å². The fraction of sp³-hybridized carbons (Fsp3) is 0.711. The topological polar surface area (TPSA) is 21.6 Å². The zero-order chi connectivity index (χ0) is 28.3. The zero-order valence-corrected chi connectivity index (χ0v) is 26.5. The Bertz CT molecular complexity index is 1190. The molecular weight excluding hydrogens is 486 g/mol. The number of allylic oxidation sites excluding steroid dienone is 3. The van der Waals surface area contributed by atoms with Gasteiger partial charge in [-0.2, -0.15) is 0 Å². The molecule has 5 aliphatic carbocycles. The van der Waals surface area contributed by atoms with Crippen LogP contribution in [0.25, 0.3) is 0 Å². The molecule has 6 rings (SSSR count). The molecule has 5 aliphatic rings. The second-order valence-electron chi connectivity index (χ2n) is 15.5. The third-order valence-electron chi connectivity index (χ3n) is 13.7. The van der Waals surface area contributed by atoms with E-state index in [0.717, 1.165) is 42.7 Å². The van der Waals surface area contributed by atoms with E-state index in [1.807, 2.05) is 12.6 Å². The van der Waals surface area contributed by atoms with Gasteiger partial charge in [-0.05, 0) is 127 Å². The van der Waals surface area contributed by atoms with Crippen molar-refractivity contribution in [1.82, 2.24) is 0 Å². The fourth-order valence-electron chi connectivity index (χ4n) is 11.7. The smallest absolute Gasteiger partial charge is 0.215 e. The van der Waals surface area contributed by atoms with Crippen molar-refractivity contribution in [3.8, 4) is 0 Å². The highest BCUT2D eigenvalue weighted by atomic mass is 16.5. The first-order valence-corrected chi connectivity index (χ1v) is 16.7. The summed E-state index contributed by atoms with van der Waals surface area (Å²) in [6.07, 6.45) is 16.5. The summed E-state index contributed by atoms with van der Waals surface area (Å²) in [6, 6.07) is 10.4. The van der Waals surface area contributed by atoms with Gasteiger partial charge in [-0.25, -0.2) is 0 Å². The number of ether oxygens (including phenoxy) is 1. The predicted molar refractivity (Wildman–Crippen MR) is 168 cm³/mol. The van der Waals surface area contributed by atoms with Crippen LogP contribution in [0.2, 0.25) is 0 Å². The SMILES string of the molecule is C=C1CC2(CCOC(=NC)c3ccccc3)CCC3(C)C(CCC4C5(C)CCCCC5CCC43C)C2=C1C(C)C. The van der Waals surface area contributed by atoms with Crippen molar-refractivity contribution >= 4 is 5.90 Å². The number of fused-ring (bicyclic) bond motifs is 7. The molecule has 0 bridgehead atoms. The van der Waals surface area contributed by atoms with Crippen LogP contribution in [-0.2, 0) is 4.74 Å². The van der Waals surface area contributed by atoms with Gasteiger partial charge in [-0.15, -0.1) is 0 Å². The first-order valence-electron chi connectivity index (χ1n) is 16.7. The summed E-state index contributed by atoms with van der Waals surface area (Å²) in [4.78, 5) is 4.52. The van der Waals surface area contributed by atoms with Crippen molar-refractivity contribution in [3.63, 3.8) is 0 Å². The highest BCUT2D eigenvalue weighted by Gasteiger charge is 2.67. The number of aliphatic imine (C=N–C) groups is 1. The number of rotatable bonds is 5. The Balaban J connectivity index is 1.32. The first-order chi connectivity index (χ1) is 19.1. The maximum Gasteiger partial charge on any atom is 0.215 e. The first kappa shape index (κ1) is 28.3. The van der Waals surface area contributed by atoms with Gasteiger partial charge in [0.15, 0.2) is 0 Å². The molecule has 0 spiro atoms. The second kappa shape index (κ2) is 10.2. The molecule has 1 aromatic carbocycles. The van der Waals surface area contributed by atoms with E-state index in [-0.39, 0.29) is 5.41 Å². The van der Waals surface area contributed by atoms with Gasteiger partial charge >= 0.3 is 0 Å². The van der Waals surface area contributed by atoms with Crippen molar-refractivity contribution in [2.45, 2.75) is 112 Å². The lowest BCUT2D eigenvalue weighted by atomic mass is 9.34. The van der Waals surface area contributed by atoms with Gasteiger partial charge in [0.25, 0.3) is 0 Å². The van der Waals surface area contributed by atoms with Crippen molar-refractivity contribution in [1.29, 1.82) is 0 Å². The second-order valence-corrected chi connectivity index (χ2v) is 15.5. The average molecular weight is 542 g/mol. The Labute approximate surface area is 245 Å². The Morgan fingerprint density at radius 3 is 2.45 bits per heavy atom. The maximum atomic E-state index is 6.45. The van der Waals surface area contributed by atoms with Crippen LogP contribution in [0.1, 0.15) is 117 Å². The monoisotopic (exact) mass is 541 g/mol. The summed E-state index contributed by atoms with van der Waals surface area (Å²) in [6.45, 7) is 18.5. The molecule has 0 radical (unpaired) electrons. The van der Waals surface area contributed by atoms with Crippen LogP contribution in [0.5, 0.6) is 0 Å². The van der Waals surface area contributed by atoms with Crippen LogP contribution < -0.4 is 0 Å². The number of nitrogens with zero attached hydrogens (tertiary/aromatic N) is 1. The molecular formula is C38H55NO. The van der Waals surface area contributed by atoms with Crippen LogP contribution in [0.15, 0.2) is 58.6 Å². The minimum absolute atomic E-state index is 0.214. The van der Waals surface area contributed by atoms with Crippen LogP contribution in [-0.4, -0.2) is 19.6 Å². The lowest BCUT2D eigenvalue weighted by Crippen LogP contribution is -2.62. The lowest BCUT2D eigenvalue weighted by molar-refractivity contribution is -0.193. The summed E-state index contributed by atoms with van der Waals surface area (Å²) in [7, 11) is 1.85. The minimum atomic E-state index is 0.214. The minimum Gasteiger partial charge on any atom is -0.477 e. The summed E-state index contributed by atoms with van der Waals surface area (Å²) >= 11 is 0. The van der Waals surface area contributed by atoms with Gasteiger partial charge in [-0.1, -0.05) is 83.4 Å². The van der Waals surface area contributed by atoms with E-state index in [0.29, 0.717) is 28.1 Å². The standard InChI is InChI=1S/C38H55NO/c1-26(2)32-27(3)25-38(23-24-40-34(39-7)28-13-9-8-10-14-28)22-21-36(5)30(33(32)38)16-17-31-35(4)19-12-11-15-29(35)18-20-37(31,36)6/h8-10,13-14,26,29-31H,3,11-12,15-25H2,1-2,4-7H3. The molecule has 0 N–H and O–H groups in total. The van der Waals surface area contributed by atoms with E-state index < -0.39 is 0 Å². The van der Waals surface area contributed by atoms with Gasteiger partial charge in [0.2, 0.25) is 5.90 Å². The van der Waals surface area contributed by atoms with E-state index in [4.69, 9.17) is 11.3 Å². The summed E-state index contributed by atoms with van der Waals surface area (Å²) < 4.78 is 6.45. The van der Waals surface area contributed by atoms with Crippen LogP contribution in [0, 0.1) is 45.3 Å². The normalized spacial score (nSPS) is 41.3. The van der Waals surface area contributed by atoms with E-state index in [1.54, 1.807) is 5.57 Å². The van der Waals surface area contributed by atoms with Gasteiger partial charge in [-0.3, -0.25) is 4.99 Å². The molecule has 0 aromatic heterocycles. The molecule has 2 heteroatoms. The molecule has 7 atom stereocenters. The van der Waals surface area contributed by atoms with Crippen LogP contribution >= 0.6 is 0 Å². The molecule has 0 aliphatic heterocycles. The maximum absolute atomic E-state index is 6.45. The molecule has 7 unspecified atom stereocenters. The van der Waals surface area contributed by atoms with E-state index in [1.165, 1.54) is 69.8 Å². The molecule has 0 amide bonds. The molecule has 0 saturated heterocycles. The van der Waals surface area contributed by atoms with Crippen molar-refractivity contribution in [3.05, 3.63) is 59.2 Å². The molecule has 4 saturated carbocycles. The van der Waals surface area contributed by atoms with E-state index >= 15 is 0 Å². The number of hydrogen-bond acceptors (Lipinski definition) is 2. The van der Waals surface area contributed by atoms with Gasteiger partial charge in [0.05, 0.1) is 6.61 Å². The zero-order valence-electron chi connectivity index (χ0n) is 26.5. The van der Waals surface area contributed by atoms with Crippen molar-refractivity contribution < 1.29 is 4.74 Å². The Morgan fingerprint density at radius 1 is 0.950 bits per heavy atom. The molecule has 1 aromatic rings. The van der Waals surface area contributed by atoms with E-state index in [2.05, 4.69) is 69.9 Å². The Kier molecular flexibility index (Phi) is 7.19. The van der Waals surface area contributed by atoms with Gasteiger partial charge < -0.3 is 4.74 Å².